The van der Waals surface area contributed by atoms with E-state index in [-0.39, 0.29) is 17.3 Å². The van der Waals surface area contributed by atoms with E-state index in [1.54, 1.807) is 6.07 Å². The number of aliphatic carboxylic acids is 1. The van der Waals surface area contributed by atoms with Crippen LogP contribution in [0.1, 0.15) is 39.2 Å². The maximum atomic E-state index is 12.2. The molecule has 0 aliphatic heterocycles. The topological polar surface area (TPSA) is 72.8 Å². The Kier molecular flexibility index (Phi) is 5.37. The number of ether oxygens (including phenoxy) is 1. The first-order chi connectivity index (χ1) is 11.1. The van der Waals surface area contributed by atoms with Crippen LogP contribution in [0.15, 0.2) is 18.2 Å². The summed E-state index contributed by atoms with van der Waals surface area (Å²) in [6.07, 6.45) is 0.696. The summed E-state index contributed by atoms with van der Waals surface area (Å²) in [4.78, 5) is 23.1. The summed E-state index contributed by atoms with van der Waals surface area (Å²) >= 11 is 0. The van der Waals surface area contributed by atoms with E-state index < -0.39 is 20.9 Å². The first-order valence-electron chi connectivity index (χ1n) is 8.15. The van der Waals surface area contributed by atoms with Crippen molar-refractivity contribution in [3.05, 3.63) is 23.8 Å². The van der Waals surface area contributed by atoms with Crippen molar-refractivity contribution in [2.75, 3.05) is 0 Å². The van der Waals surface area contributed by atoms with E-state index in [1.807, 2.05) is 25.2 Å². The van der Waals surface area contributed by atoms with E-state index >= 15 is 0 Å². The number of benzene rings is 1. The van der Waals surface area contributed by atoms with Crippen molar-refractivity contribution in [3.8, 4) is 11.5 Å². The molecule has 0 unspecified atom stereocenters. The van der Waals surface area contributed by atoms with Gasteiger partial charge in [-0.2, -0.15) is 0 Å². The maximum Gasteiger partial charge on any atom is 0.314 e. The van der Waals surface area contributed by atoms with Gasteiger partial charge in [-0.15, -0.1) is 0 Å². The van der Waals surface area contributed by atoms with Crippen LogP contribution >= 0.6 is 0 Å². The fourth-order valence-corrected chi connectivity index (χ4v) is 3.16. The smallest absolute Gasteiger partial charge is 0.314 e. The average molecular weight is 349 g/mol. The van der Waals surface area contributed by atoms with E-state index in [0.29, 0.717) is 24.3 Å². The van der Waals surface area contributed by atoms with Gasteiger partial charge in [0.1, 0.15) is 5.75 Å². The Morgan fingerprint density at radius 3 is 2.25 bits per heavy atom. The summed E-state index contributed by atoms with van der Waals surface area (Å²) in [6.45, 7) is 10.4. The van der Waals surface area contributed by atoms with Crippen molar-refractivity contribution in [2.24, 2.45) is 11.8 Å². The highest BCUT2D eigenvalue weighted by Gasteiger charge is 2.40. The quantitative estimate of drug-likeness (QED) is 0.499. The predicted octanol–water partition coefficient (Wildman–Crippen LogP) is 3.63. The highest BCUT2D eigenvalue weighted by atomic mass is 28.3. The van der Waals surface area contributed by atoms with Crippen LogP contribution in [-0.4, -0.2) is 26.1 Å². The second kappa shape index (κ2) is 6.97. The van der Waals surface area contributed by atoms with E-state index in [0.717, 1.165) is 5.56 Å². The normalized spacial score (nSPS) is 20.4. The predicted molar refractivity (Wildman–Crippen MR) is 92.7 cm³/mol. The second-order valence-corrected chi connectivity index (χ2v) is 9.57. The summed E-state index contributed by atoms with van der Waals surface area (Å²) in [5, 5.41) is 8.90. The van der Waals surface area contributed by atoms with Gasteiger partial charge in [0.2, 0.25) is 0 Å². The van der Waals surface area contributed by atoms with Crippen LogP contribution in [-0.2, 0) is 15.0 Å². The van der Waals surface area contributed by atoms with Crippen molar-refractivity contribution in [1.82, 2.24) is 0 Å². The van der Waals surface area contributed by atoms with Gasteiger partial charge >= 0.3 is 11.9 Å². The molecule has 1 aromatic rings. The number of hydrogen-bond acceptors (Lipinski definition) is 4. The number of rotatable bonds is 5. The number of carbonyl (C=O) groups is 2. The molecule has 6 heteroatoms. The van der Waals surface area contributed by atoms with Gasteiger partial charge in [-0.05, 0) is 49.0 Å². The standard InChI is InChI=1S/C18H25O5Si/c1-18(2,3)13-6-7-14(15(10-13)23-24(4)5)22-17(21)12-8-11(9-12)16(19)20/h6-7,10-12H,8-9H2,1-5H3,(H,19,20). The lowest BCUT2D eigenvalue weighted by atomic mass is 9.75. The molecule has 1 aromatic carbocycles. The first-order valence-corrected chi connectivity index (χ1v) is 10.6. The minimum absolute atomic E-state index is 0.0300. The summed E-state index contributed by atoms with van der Waals surface area (Å²) in [6, 6.07) is 5.64. The van der Waals surface area contributed by atoms with Crippen molar-refractivity contribution in [2.45, 2.75) is 52.1 Å². The summed E-state index contributed by atoms with van der Waals surface area (Å²) in [5.41, 5.74) is 1.08. The van der Waals surface area contributed by atoms with Crippen LogP contribution in [0.5, 0.6) is 11.5 Å². The Hall–Kier alpha value is -1.82. The minimum atomic E-state index is -1.01. The summed E-state index contributed by atoms with van der Waals surface area (Å²) in [7, 11) is -1.01. The van der Waals surface area contributed by atoms with Crippen molar-refractivity contribution >= 4 is 21.0 Å². The van der Waals surface area contributed by atoms with Gasteiger partial charge in [-0.3, -0.25) is 9.59 Å². The summed E-state index contributed by atoms with van der Waals surface area (Å²) < 4.78 is 11.4. The number of esters is 1. The third kappa shape index (κ3) is 4.38. The van der Waals surface area contributed by atoms with Gasteiger partial charge < -0.3 is 14.3 Å². The van der Waals surface area contributed by atoms with Gasteiger partial charge in [0.05, 0.1) is 11.8 Å². The zero-order valence-corrected chi connectivity index (χ0v) is 15.9. The molecular weight excluding hydrogens is 324 g/mol. The van der Waals surface area contributed by atoms with Gasteiger partial charge in [-0.25, -0.2) is 0 Å². The lowest BCUT2D eigenvalue weighted by Crippen LogP contribution is -2.37. The Bertz CT molecular complexity index is 627. The monoisotopic (exact) mass is 349 g/mol. The molecule has 0 aromatic heterocycles. The molecule has 1 radical (unpaired) electrons. The lowest BCUT2D eigenvalue weighted by molar-refractivity contribution is -0.152. The maximum absolute atomic E-state index is 12.2. The van der Waals surface area contributed by atoms with Gasteiger partial charge in [-0.1, -0.05) is 26.8 Å². The number of carboxylic acid groups (broad SMARTS) is 1. The Balaban J connectivity index is 2.14. The Labute approximate surface area is 144 Å². The van der Waals surface area contributed by atoms with Crippen LogP contribution in [0.2, 0.25) is 13.1 Å². The molecular formula is C18H25O5Si. The van der Waals surface area contributed by atoms with Crippen LogP contribution in [0, 0.1) is 11.8 Å². The minimum Gasteiger partial charge on any atom is -0.540 e. The van der Waals surface area contributed by atoms with Crippen LogP contribution in [0.4, 0.5) is 0 Å². The molecule has 0 amide bonds. The molecule has 1 aliphatic carbocycles. The zero-order chi connectivity index (χ0) is 18.1. The summed E-state index contributed by atoms with van der Waals surface area (Å²) in [5.74, 6) is -0.984. The first kappa shape index (κ1) is 18.5. The van der Waals surface area contributed by atoms with Crippen molar-refractivity contribution in [1.29, 1.82) is 0 Å². The van der Waals surface area contributed by atoms with Crippen LogP contribution in [0.25, 0.3) is 0 Å². The van der Waals surface area contributed by atoms with E-state index in [2.05, 4.69) is 20.8 Å². The SMILES string of the molecule is C[Si](C)Oc1cc(C(C)(C)C)ccc1OC(=O)C1CC(C(=O)O)C1. The molecule has 0 heterocycles. The molecule has 24 heavy (non-hydrogen) atoms. The molecule has 1 aliphatic rings. The number of carbonyl (C=O) groups excluding carboxylic acids is 1. The zero-order valence-electron chi connectivity index (χ0n) is 14.9. The van der Waals surface area contributed by atoms with E-state index in [4.69, 9.17) is 14.3 Å². The van der Waals surface area contributed by atoms with E-state index in [9.17, 15) is 9.59 Å². The van der Waals surface area contributed by atoms with Gasteiger partial charge in [0.25, 0.3) is 9.04 Å². The Morgan fingerprint density at radius 1 is 1.12 bits per heavy atom. The molecule has 1 saturated carbocycles. The Morgan fingerprint density at radius 2 is 1.75 bits per heavy atom. The molecule has 2 rings (SSSR count). The fraction of sp³-hybridized carbons (Fsp3) is 0.556. The fourth-order valence-electron chi connectivity index (χ4n) is 2.56. The number of carboxylic acids is 1. The third-order valence-electron chi connectivity index (χ3n) is 4.16. The molecule has 0 spiro atoms. The molecule has 0 bridgehead atoms. The molecule has 5 nitrogen and oxygen atoms in total. The largest absolute Gasteiger partial charge is 0.540 e. The second-order valence-electron chi connectivity index (χ2n) is 7.55. The van der Waals surface area contributed by atoms with Gasteiger partial charge in [0, 0.05) is 0 Å². The third-order valence-corrected chi connectivity index (χ3v) is 4.78. The lowest BCUT2D eigenvalue weighted by Gasteiger charge is -2.30. The van der Waals surface area contributed by atoms with E-state index in [1.165, 1.54) is 0 Å². The van der Waals surface area contributed by atoms with Crippen molar-refractivity contribution in [3.63, 3.8) is 0 Å². The van der Waals surface area contributed by atoms with Crippen molar-refractivity contribution < 1.29 is 23.9 Å². The highest BCUT2D eigenvalue weighted by Crippen LogP contribution is 2.38. The number of hydrogen-bond donors (Lipinski definition) is 1. The molecule has 131 valence electrons. The van der Waals surface area contributed by atoms with Gasteiger partial charge in [0.15, 0.2) is 5.75 Å². The van der Waals surface area contributed by atoms with Crippen LogP contribution in [0.3, 0.4) is 0 Å². The average Bonchev–Trinajstić information content (AvgIpc) is 2.36. The van der Waals surface area contributed by atoms with Crippen LogP contribution < -0.4 is 9.16 Å². The molecule has 1 fully saturated rings. The molecule has 0 atom stereocenters. The molecule has 0 saturated heterocycles. The highest BCUT2D eigenvalue weighted by molar-refractivity contribution is 6.49. The molecule has 1 N–H and O–H groups in total.